The molecule has 1 saturated heterocycles. The molecule has 1 unspecified atom stereocenters. The van der Waals surface area contributed by atoms with Crippen LogP contribution in [0.15, 0.2) is 61.6 Å². The van der Waals surface area contributed by atoms with Crippen LogP contribution in [0, 0.1) is 11.8 Å². The maximum Gasteiger partial charge on any atom is 0.166 e. The molecular formula is C27H31N5O. The van der Waals surface area contributed by atoms with Crippen LogP contribution in [0.3, 0.4) is 0 Å². The molecule has 6 nitrogen and oxygen atoms in total. The summed E-state index contributed by atoms with van der Waals surface area (Å²) in [7, 11) is 0. The van der Waals surface area contributed by atoms with Crippen molar-refractivity contribution in [3.63, 3.8) is 0 Å². The molecule has 3 atom stereocenters. The highest BCUT2D eigenvalue weighted by Crippen LogP contribution is 2.38. The van der Waals surface area contributed by atoms with E-state index in [1.807, 2.05) is 30.3 Å². The fourth-order valence-corrected chi connectivity index (χ4v) is 4.98. The summed E-state index contributed by atoms with van der Waals surface area (Å²) in [5, 5.41) is 8.65. The molecule has 1 aliphatic carbocycles. The van der Waals surface area contributed by atoms with Gasteiger partial charge in [0.25, 0.3) is 0 Å². The Bertz CT molecular complexity index is 1150. The Labute approximate surface area is 195 Å². The minimum absolute atomic E-state index is 0.231. The molecule has 0 bridgehead atoms. The van der Waals surface area contributed by atoms with Crippen molar-refractivity contribution in [1.29, 1.82) is 0 Å². The maximum atomic E-state index is 12.6. The number of carbonyl (C=O) groups is 1. The van der Waals surface area contributed by atoms with E-state index < -0.39 is 0 Å². The fraction of sp³-hybridized carbons (Fsp3) is 0.407. The Hall–Kier alpha value is -3.28. The van der Waals surface area contributed by atoms with E-state index in [0.29, 0.717) is 12.0 Å². The summed E-state index contributed by atoms with van der Waals surface area (Å²) in [5.74, 6) is 1.21. The number of pyridine rings is 1. The number of rotatable bonds is 7. The van der Waals surface area contributed by atoms with Crippen LogP contribution in [0.5, 0.6) is 0 Å². The smallest absolute Gasteiger partial charge is 0.166 e. The second-order valence-electron chi connectivity index (χ2n) is 9.52. The number of hydrogen-bond donors (Lipinski definition) is 0. The lowest BCUT2D eigenvalue weighted by Gasteiger charge is -2.42. The topological polar surface area (TPSA) is 63.9 Å². The highest BCUT2D eigenvalue weighted by molar-refractivity contribution is 5.99. The zero-order valence-electron chi connectivity index (χ0n) is 19.4. The summed E-state index contributed by atoms with van der Waals surface area (Å²) in [6.07, 6.45) is 9.47. The molecule has 1 saturated carbocycles. The zero-order valence-corrected chi connectivity index (χ0v) is 19.4. The quantitative estimate of drug-likeness (QED) is 0.476. The van der Waals surface area contributed by atoms with Gasteiger partial charge in [-0.2, -0.15) is 15.0 Å². The van der Waals surface area contributed by atoms with E-state index >= 15 is 0 Å². The first kappa shape index (κ1) is 21.6. The Kier molecular flexibility index (Phi) is 5.83. The summed E-state index contributed by atoms with van der Waals surface area (Å²) in [5.41, 5.74) is 4.82. The third-order valence-electron chi connectivity index (χ3n) is 7.30. The SMILES string of the molecule is C=C(c1ccccc1-n1nccn1)N1C[C@H](C(C)c2cc(C(=O)C3CC3)ccn2)CC[C@H]1C. The number of benzene rings is 1. The standard InChI is InChI=1S/C27H31N5O/c1-18-8-9-23(19(2)25-16-22(12-13-28-25)27(33)21-10-11-21)17-31(18)20(3)24-6-4-5-7-26(24)32-29-14-15-30-32/h4-7,12-16,18-19,21,23H,3,8-11,17H2,1-2H3/t18-,19?,23-/m1/s1. The van der Waals surface area contributed by atoms with E-state index in [0.717, 1.165) is 60.4 Å². The normalized spacial score (nSPS) is 21.6. The van der Waals surface area contributed by atoms with Crippen LogP contribution in [0.1, 0.15) is 67.1 Å². The van der Waals surface area contributed by atoms with Gasteiger partial charge in [0.05, 0.1) is 18.1 Å². The van der Waals surface area contributed by atoms with Gasteiger partial charge in [0.1, 0.15) is 0 Å². The molecule has 2 aliphatic rings. The Morgan fingerprint density at radius 3 is 2.58 bits per heavy atom. The molecular weight excluding hydrogens is 410 g/mol. The van der Waals surface area contributed by atoms with E-state index in [4.69, 9.17) is 0 Å². The lowest BCUT2D eigenvalue weighted by molar-refractivity contribution is 0.0967. The lowest BCUT2D eigenvalue weighted by Crippen LogP contribution is -2.42. The first-order valence-electron chi connectivity index (χ1n) is 11.9. The average Bonchev–Trinajstić information content (AvgIpc) is 3.56. The third-order valence-corrected chi connectivity index (χ3v) is 7.30. The lowest BCUT2D eigenvalue weighted by atomic mass is 9.81. The van der Waals surface area contributed by atoms with Gasteiger partial charge in [-0.15, -0.1) is 0 Å². The van der Waals surface area contributed by atoms with Crippen molar-refractivity contribution in [3.05, 3.63) is 78.4 Å². The first-order chi connectivity index (χ1) is 16.0. The van der Waals surface area contributed by atoms with E-state index in [1.165, 1.54) is 0 Å². The van der Waals surface area contributed by atoms with Crippen molar-refractivity contribution >= 4 is 11.5 Å². The molecule has 3 heterocycles. The zero-order chi connectivity index (χ0) is 22.9. The minimum atomic E-state index is 0.231. The van der Waals surface area contributed by atoms with Gasteiger partial charge < -0.3 is 4.90 Å². The van der Waals surface area contributed by atoms with Crippen molar-refractivity contribution in [2.24, 2.45) is 11.8 Å². The first-order valence-corrected chi connectivity index (χ1v) is 11.9. The number of nitrogens with zero attached hydrogens (tertiary/aromatic N) is 5. The minimum Gasteiger partial charge on any atom is -0.368 e. The molecule has 6 heteroatoms. The van der Waals surface area contributed by atoms with Gasteiger partial charge in [-0.3, -0.25) is 9.78 Å². The second-order valence-corrected chi connectivity index (χ2v) is 9.52. The van der Waals surface area contributed by atoms with Crippen LogP contribution < -0.4 is 0 Å². The molecule has 0 spiro atoms. The van der Waals surface area contributed by atoms with Crippen LogP contribution >= 0.6 is 0 Å². The monoisotopic (exact) mass is 441 g/mol. The highest BCUT2D eigenvalue weighted by atomic mass is 16.1. The van der Waals surface area contributed by atoms with Gasteiger partial charge in [-0.05, 0) is 56.7 Å². The summed E-state index contributed by atoms with van der Waals surface area (Å²) >= 11 is 0. The number of piperidine rings is 1. The number of aromatic nitrogens is 4. The number of hydrogen-bond acceptors (Lipinski definition) is 5. The molecule has 2 fully saturated rings. The van der Waals surface area contributed by atoms with Gasteiger partial charge in [0.15, 0.2) is 5.78 Å². The molecule has 5 rings (SSSR count). The van der Waals surface area contributed by atoms with Crippen LogP contribution in [0.2, 0.25) is 0 Å². The second kappa shape index (κ2) is 8.93. The predicted molar refractivity (Wildman–Crippen MR) is 129 cm³/mol. The van der Waals surface area contributed by atoms with E-state index in [9.17, 15) is 4.79 Å². The Balaban J connectivity index is 1.37. The van der Waals surface area contributed by atoms with Crippen molar-refractivity contribution in [3.8, 4) is 5.69 Å². The van der Waals surface area contributed by atoms with Crippen LogP contribution in [-0.2, 0) is 0 Å². The van der Waals surface area contributed by atoms with Crippen LogP contribution in [-0.4, -0.2) is 43.2 Å². The average molecular weight is 442 g/mol. The van der Waals surface area contributed by atoms with Crippen molar-refractivity contribution in [1.82, 2.24) is 24.9 Å². The van der Waals surface area contributed by atoms with E-state index in [2.05, 4.69) is 46.6 Å². The predicted octanol–water partition coefficient (Wildman–Crippen LogP) is 5.13. The van der Waals surface area contributed by atoms with E-state index in [-0.39, 0.29) is 17.6 Å². The molecule has 3 aromatic rings. The summed E-state index contributed by atoms with van der Waals surface area (Å²) in [4.78, 5) is 21.3. The number of para-hydroxylation sites is 1. The van der Waals surface area contributed by atoms with Crippen LogP contribution in [0.25, 0.3) is 11.4 Å². The number of likely N-dealkylation sites (tertiary alicyclic amines) is 1. The molecule has 0 amide bonds. The van der Waals surface area contributed by atoms with Crippen molar-refractivity contribution in [2.75, 3.05) is 6.54 Å². The van der Waals surface area contributed by atoms with Gasteiger partial charge in [0.2, 0.25) is 0 Å². The third kappa shape index (κ3) is 4.34. The van der Waals surface area contributed by atoms with Crippen molar-refractivity contribution in [2.45, 2.75) is 51.5 Å². The Morgan fingerprint density at radius 2 is 1.82 bits per heavy atom. The van der Waals surface area contributed by atoms with Gasteiger partial charge in [-0.25, -0.2) is 0 Å². The molecule has 1 aromatic carbocycles. The highest BCUT2D eigenvalue weighted by Gasteiger charge is 2.33. The summed E-state index contributed by atoms with van der Waals surface area (Å²) in [6.45, 7) is 9.92. The fourth-order valence-electron chi connectivity index (χ4n) is 4.98. The molecule has 0 radical (unpaired) electrons. The van der Waals surface area contributed by atoms with Crippen LogP contribution in [0.4, 0.5) is 0 Å². The van der Waals surface area contributed by atoms with Gasteiger partial charge in [0, 0.05) is 53.1 Å². The largest absolute Gasteiger partial charge is 0.368 e. The van der Waals surface area contributed by atoms with Gasteiger partial charge in [-0.1, -0.05) is 31.7 Å². The molecule has 1 aliphatic heterocycles. The molecule has 33 heavy (non-hydrogen) atoms. The maximum absolute atomic E-state index is 12.6. The number of ketones is 1. The summed E-state index contributed by atoms with van der Waals surface area (Å²) < 4.78 is 0. The van der Waals surface area contributed by atoms with E-state index in [1.54, 1.807) is 23.4 Å². The molecule has 170 valence electrons. The number of Topliss-reactive ketones (excluding diaryl/α,β-unsaturated/α-hetero) is 1. The Morgan fingerprint density at radius 1 is 1.06 bits per heavy atom. The van der Waals surface area contributed by atoms with Crippen molar-refractivity contribution < 1.29 is 4.79 Å². The van der Waals surface area contributed by atoms with Gasteiger partial charge >= 0.3 is 0 Å². The molecule has 0 N–H and O–H groups in total. The summed E-state index contributed by atoms with van der Waals surface area (Å²) in [6, 6.07) is 12.5. The number of carbonyl (C=O) groups excluding carboxylic acids is 1. The molecule has 2 aromatic heterocycles.